The van der Waals surface area contributed by atoms with Gasteiger partial charge < -0.3 is 9.68 Å². The molecule has 0 saturated carbocycles. The predicted octanol–water partition coefficient (Wildman–Crippen LogP) is 0.823. The smallest absolute Gasteiger partial charge is 0.340 e. The van der Waals surface area contributed by atoms with Crippen molar-refractivity contribution in [3.8, 4) is 0 Å². The maximum atomic E-state index is 11.8. The molecule has 0 saturated heterocycles. The van der Waals surface area contributed by atoms with E-state index in [1.807, 2.05) is 0 Å². The number of urea groups is 1. The maximum Gasteiger partial charge on any atom is 0.405 e. The fraction of sp³-hybridized carbons (Fsp3) is 0.154. The zero-order chi connectivity index (χ0) is 16.5. The summed E-state index contributed by atoms with van der Waals surface area (Å²) in [6, 6.07) is 6.96. The second kappa shape index (κ2) is 8.15. The van der Waals surface area contributed by atoms with Crippen LogP contribution in [0.15, 0.2) is 35.4 Å². The lowest BCUT2D eigenvalue weighted by Crippen LogP contribution is -2.38. The Labute approximate surface area is 125 Å². The fourth-order valence-corrected chi connectivity index (χ4v) is 1.18. The topological polar surface area (TPSA) is 114 Å². The third-order valence-electron chi connectivity index (χ3n) is 2.01. The number of amides is 2. The van der Waals surface area contributed by atoms with Gasteiger partial charge in [-0.1, -0.05) is 30.3 Å². The van der Waals surface area contributed by atoms with Gasteiger partial charge in [0, 0.05) is 19.4 Å². The van der Waals surface area contributed by atoms with Crippen LogP contribution in [-0.2, 0) is 19.3 Å². The Morgan fingerprint density at radius 1 is 1.09 bits per heavy atom. The first kappa shape index (κ1) is 16.8. The van der Waals surface area contributed by atoms with Gasteiger partial charge in [-0.2, -0.15) is 5.48 Å². The molecular weight excluding hydrogens is 294 g/mol. The molecule has 22 heavy (non-hydrogen) atoms. The number of hydrogen-bond acceptors (Lipinski definition) is 7. The SMILES string of the molecule is CC(=O)ONC(=O)N(/N=C/C(=O)c1ccccc1)OC(C)=O. The largest absolute Gasteiger partial charge is 0.405 e. The second-order valence-corrected chi connectivity index (χ2v) is 3.83. The van der Waals surface area contributed by atoms with E-state index < -0.39 is 23.8 Å². The van der Waals surface area contributed by atoms with Gasteiger partial charge in [-0.05, 0) is 5.17 Å². The van der Waals surface area contributed by atoms with E-state index in [4.69, 9.17) is 0 Å². The number of nitrogens with one attached hydrogen (secondary N) is 1. The zero-order valence-corrected chi connectivity index (χ0v) is 11.8. The van der Waals surface area contributed by atoms with Crippen LogP contribution in [0, 0.1) is 0 Å². The number of hydrogen-bond donors (Lipinski definition) is 1. The molecule has 1 N–H and O–H groups in total. The predicted molar refractivity (Wildman–Crippen MR) is 73.2 cm³/mol. The van der Waals surface area contributed by atoms with Crippen molar-refractivity contribution in [2.75, 3.05) is 0 Å². The van der Waals surface area contributed by atoms with Crippen molar-refractivity contribution in [2.24, 2.45) is 5.10 Å². The molecule has 0 spiro atoms. The number of rotatable bonds is 3. The van der Waals surface area contributed by atoms with Crippen molar-refractivity contribution in [2.45, 2.75) is 13.8 Å². The summed E-state index contributed by atoms with van der Waals surface area (Å²) in [5, 5.41) is 3.62. The van der Waals surface area contributed by atoms with E-state index in [2.05, 4.69) is 14.8 Å². The van der Waals surface area contributed by atoms with Gasteiger partial charge in [0.15, 0.2) is 0 Å². The summed E-state index contributed by atoms with van der Waals surface area (Å²) in [6.45, 7) is 2.08. The standard InChI is InChI=1S/C13H13N3O6/c1-9(17)21-15-13(20)16(22-10(2)18)14-8-12(19)11-6-4-3-5-7-11/h3-8H,1-2H3,(H,15,20)/b14-8+. The molecule has 0 aliphatic heterocycles. The lowest BCUT2D eigenvalue weighted by molar-refractivity contribution is -0.176. The lowest BCUT2D eigenvalue weighted by Gasteiger charge is -2.14. The fourth-order valence-electron chi connectivity index (χ4n) is 1.18. The van der Waals surface area contributed by atoms with E-state index in [-0.39, 0.29) is 5.17 Å². The Balaban J connectivity index is 2.77. The number of benzene rings is 1. The summed E-state index contributed by atoms with van der Waals surface area (Å²) in [6.07, 6.45) is 0.783. The third kappa shape index (κ3) is 5.82. The summed E-state index contributed by atoms with van der Waals surface area (Å²) in [4.78, 5) is 53.5. The van der Waals surface area contributed by atoms with Crippen LogP contribution < -0.4 is 5.48 Å². The molecule has 0 unspecified atom stereocenters. The van der Waals surface area contributed by atoms with Crippen molar-refractivity contribution in [3.05, 3.63) is 35.9 Å². The molecule has 0 heterocycles. The molecule has 0 radical (unpaired) electrons. The molecule has 0 bridgehead atoms. The zero-order valence-electron chi connectivity index (χ0n) is 11.8. The Morgan fingerprint density at radius 2 is 1.73 bits per heavy atom. The van der Waals surface area contributed by atoms with Crippen molar-refractivity contribution in [1.82, 2.24) is 10.7 Å². The van der Waals surface area contributed by atoms with Gasteiger partial charge in [-0.15, -0.1) is 5.10 Å². The van der Waals surface area contributed by atoms with E-state index in [1.165, 1.54) is 0 Å². The van der Waals surface area contributed by atoms with Crippen molar-refractivity contribution < 1.29 is 28.9 Å². The lowest BCUT2D eigenvalue weighted by atomic mass is 10.1. The molecule has 1 aromatic rings. The molecular formula is C13H13N3O6. The summed E-state index contributed by atoms with van der Waals surface area (Å²) in [5.74, 6) is -2.17. The number of carbonyl (C=O) groups is 4. The van der Waals surface area contributed by atoms with Crippen LogP contribution in [0.1, 0.15) is 24.2 Å². The summed E-state index contributed by atoms with van der Waals surface area (Å²) < 4.78 is 0. The quantitative estimate of drug-likeness (QED) is 0.502. The number of hydrazone groups is 1. The molecule has 9 heteroatoms. The number of hydroxylamine groups is 2. The van der Waals surface area contributed by atoms with E-state index in [0.717, 1.165) is 20.1 Å². The minimum atomic E-state index is -1.16. The van der Waals surface area contributed by atoms with Crippen LogP contribution in [0.25, 0.3) is 0 Å². The Morgan fingerprint density at radius 3 is 2.27 bits per heavy atom. The monoisotopic (exact) mass is 307 g/mol. The normalized spacial score (nSPS) is 9.91. The maximum absolute atomic E-state index is 11.8. The second-order valence-electron chi connectivity index (χ2n) is 3.83. The van der Waals surface area contributed by atoms with Gasteiger partial charge in [0.2, 0.25) is 5.78 Å². The highest BCUT2D eigenvalue weighted by Crippen LogP contribution is 2.00. The Hall–Kier alpha value is -3.23. The molecule has 9 nitrogen and oxygen atoms in total. The summed E-state index contributed by atoms with van der Waals surface area (Å²) in [7, 11) is 0. The van der Waals surface area contributed by atoms with Gasteiger partial charge in [0.1, 0.15) is 0 Å². The molecule has 1 aromatic carbocycles. The average Bonchev–Trinajstić information content (AvgIpc) is 2.49. The summed E-state index contributed by atoms with van der Waals surface area (Å²) in [5.41, 5.74) is 2.01. The minimum absolute atomic E-state index is 0.187. The van der Waals surface area contributed by atoms with E-state index in [1.54, 1.807) is 35.8 Å². The van der Waals surface area contributed by atoms with Gasteiger partial charge in [-0.25, -0.2) is 9.59 Å². The molecule has 0 aliphatic carbocycles. The number of nitrogens with zero attached hydrogens (tertiary/aromatic N) is 2. The number of ketones is 1. The summed E-state index contributed by atoms with van der Waals surface area (Å²) >= 11 is 0. The van der Waals surface area contributed by atoms with Gasteiger partial charge >= 0.3 is 18.0 Å². The van der Waals surface area contributed by atoms with Crippen LogP contribution in [0.2, 0.25) is 0 Å². The van der Waals surface area contributed by atoms with Crippen LogP contribution in [0.4, 0.5) is 4.79 Å². The highest BCUT2D eigenvalue weighted by Gasteiger charge is 2.17. The van der Waals surface area contributed by atoms with Crippen molar-refractivity contribution in [3.63, 3.8) is 0 Å². The average molecular weight is 307 g/mol. The van der Waals surface area contributed by atoms with Crippen LogP contribution >= 0.6 is 0 Å². The van der Waals surface area contributed by atoms with Crippen LogP contribution in [0.3, 0.4) is 0 Å². The highest BCUT2D eigenvalue weighted by molar-refractivity contribution is 6.35. The molecule has 116 valence electrons. The van der Waals surface area contributed by atoms with Crippen LogP contribution in [0.5, 0.6) is 0 Å². The molecule has 2 amide bonds. The number of carbonyl (C=O) groups excluding carboxylic acids is 4. The minimum Gasteiger partial charge on any atom is -0.340 e. The van der Waals surface area contributed by atoms with Gasteiger partial charge in [0.05, 0.1) is 6.21 Å². The molecule has 0 atom stereocenters. The van der Waals surface area contributed by atoms with Crippen molar-refractivity contribution >= 4 is 30.0 Å². The first-order valence-electron chi connectivity index (χ1n) is 5.99. The third-order valence-corrected chi connectivity index (χ3v) is 2.01. The Bertz CT molecular complexity index is 599. The molecule has 0 aliphatic rings. The first-order valence-corrected chi connectivity index (χ1v) is 5.99. The van der Waals surface area contributed by atoms with Gasteiger partial charge in [-0.3, -0.25) is 9.59 Å². The molecule has 1 rings (SSSR count). The van der Waals surface area contributed by atoms with Crippen LogP contribution in [-0.4, -0.2) is 35.1 Å². The van der Waals surface area contributed by atoms with E-state index in [0.29, 0.717) is 5.56 Å². The molecule has 0 fully saturated rings. The van der Waals surface area contributed by atoms with Gasteiger partial charge in [0.25, 0.3) is 0 Å². The number of Topliss-reactive ketones (excluding diaryl/α,β-unsaturated/α-hetero) is 1. The highest BCUT2D eigenvalue weighted by atomic mass is 16.8. The van der Waals surface area contributed by atoms with E-state index >= 15 is 0 Å². The van der Waals surface area contributed by atoms with Crippen molar-refractivity contribution in [1.29, 1.82) is 0 Å². The first-order chi connectivity index (χ1) is 10.4. The van der Waals surface area contributed by atoms with E-state index in [9.17, 15) is 19.2 Å². The Kier molecular flexibility index (Phi) is 6.23. The molecule has 0 aromatic heterocycles.